The Balaban J connectivity index is 1.43. The Bertz CT molecular complexity index is 1030. The molecule has 0 bridgehead atoms. The quantitative estimate of drug-likeness (QED) is 0.745. The molecule has 2 amide bonds. The normalized spacial score (nSPS) is 16.4. The molecule has 0 spiro atoms. The molecule has 28 heavy (non-hydrogen) atoms. The second kappa shape index (κ2) is 7.72. The molecule has 1 aliphatic heterocycles. The summed E-state index contributed by atoms with van der Waals surface area (Å²) >= 11 is 0. The lowest BCUT2D eigenvalue weighted by Crippen LogP contribution is -2.38. The zero-order chi connectivity index (χ0) is 19.5. The molecule has 1 saturated heterocycles. The van der Waals surface area contributed by atoms with Crippen LogP contribution in [0, 0.1) is 0 Å². The average Bonchev–Trinajstić information content (AvgIpc) is 3.08. The fourth-order valence-electron chi connectivity index (χ4n) is 3.73. The first-order valence-corrected chi connectivity index (χ1v) is 9.34. The summed E-state index contributed by atoms with van der Waals surface area (Å²) in [7, 11) is 1.60. The van der Waals surface area contributed by atoms with Crippen LogP contribution in [0.4, 0.5) is 5.69 Å². The van der Waals surface area contributed by atoms with Crippen molar-refractivity contribution in [3.05, 3.63) is 72.3 Å². The minimum Gasteiger partial charge on any atom is -0.497 e. The van der Waals surface area contributed by atoms with Gasteiger partial charge in [-0.2, -0.15) is 0 Å². The maximum atomic E-state index is 12.6. The van der Waals surface area contributed by atoms with Gasteiger partial charge in [-0.3, -0.25) is 9.59 Å². The standard InChI is InChI=1S/C23H22N2O3/c1-28-20-10-5-9-19(14-20)25-15-18(13-23(25)27)24-22(26)12-17-8-4-7-16-6-2-3-11-21(16)17/h2-11,14,18H,12-13,15H2,1H3,(H,24,26)/t18-/m0/s1. The third-order valence-corrected chi connectivity index (χ3v) is 5.09. The molecule has 5 nitrogen and oxygen atoms in total. The summed E-state index contributed by atoms with van der Waals surface area (Å²) in [5, 5.41) is 5.22. The molecular weight excluding hydrogens is 352 g/mol. The van der Waals surface area contributed by atoms with E-state index in [9.17, 15) is 9.59 Å². The number of anilines is 1. The number of ether oxygens (including phenoxy) is 1. The van der Waals surface area contributed by atoms with Gasteiger partial charge in [-0.25, -0.2) is 0 Å². The predicted octanol–water partition coefficient (Wildman–Crippen LogP) is 3.31. The van der Waals surface area contributed by atoms with E-state index in [1.54, 1.807) is 12.0 Å². The van der Waals surface area contributed by atoms with Gasteiger partial charge in [0.1, 0.15) is 5.75 Å². The van der Waals surface area contributed by atoms with Crippen LogP contribution in [-0.2, 0) is 16.0 Å². The van der Waals surface area contributed by atoms with Crippen LogP contribution in [0.1, 0.15) is 12.0 Å². The minimum absolute atomic E-state index is 0.00344. The molecule has 0 unspecified atom stereocenters. The van der Waals surface area contributed by atoms with Crippen molar-refractivity contribution in [1.29, 1.82) is 0 Å². The number of benzene rings is 3. The highest BCUT2D eigenvalue weighted by Gasteiger charge is 2.31. The van der Waals surface area contributed by atoms with E-state index in [1.165, 1.54) is 0 Å². The largest absolute Gasteiger partial charge is 0.497 e. The lowest BCUT2D eigenvalue weighted by molar-refractivity contribution is -0.121. The number of nitrogens with one attached hydrogen (secondary N) is 1. The monoisotopic (exact) mass is 374 g/mol. The van der Waals surface area contributed by atoms with Gasteiger partial charge in [-0.1, -0.05) is 48.5 Å². The first-order valence-electron chi connectivity index (χ1n) is 9.34. The lowest BCUT2D eigenvalue weighted by atomic mass is 10.0. The summed E-state index contributed by atoms with van der Waals surface area (Å²) in [6.45, 7) is 0.466. The molecule has 4 rings (SSSR count). The second-order valence-corrected chi connectivity index (χ2v) is 6.99. The number of methoxy groups -OCH3 is 1. The van der Waals surface area contributed by atoms with Gasteiger partial charge in [0.25, 0.3) is 0 Å². The zero-order valence-corrected chi connectivity index (χ0v) is 15.7. The zero-order valence-electron chi connectivity index (χ0n) is 15.7. The topological polar surface area (TPSA) is 58.6 Å². The van der Waals surface area contributed by atoms with Crippen LogP contribution in [0.3, 0.4) is 0 Å². The van der Waals surface area contributed by atoms with E-state index in [1.807, 2.05) is 66.7 Å². The number of nitrogens with zero attached hydrogens (tertiary/aromatic N) is 1. The van der Waals surface area contributed by atoms with E-state index in [4.69, 9.17) is 4.74 Å². The Morgan fingerprint density at radius 2 is 1.89 bits per heavy atom. The van der Waals surface area contributed by atoms with Crippen LogP contribution < -0.4 is 15.0 Å². The van der Waals surface area contributed by atoms with Crippen LogP contribution in [0.2, 0.25) is 0 Å². The number of fused-ring (bicyclic) bond motifs is 1. The van der Waals surface area contributed by atoms with Gasteiger partial charge >= 0.3 is 0 Å². The minimum atomic E-state index is -0.193. The molecule has 0 aliphatic carbocycles. The highest BCUT2D eigenvalue weighted by atomic mass is 16.5. The smallest absolute Gasteiger partial charge is 0.229 e. The van der Waals surface area contributed by atoms with Crippen LogP contribution in [0.25, 0.3) is 10.8 Å². The van der Waals surface area contributed by atoms with E-state index in [-0.39, 0.29) is 17.9 Å². The maximum Gasteiger partial charge on any atom is 0.229 e. The maximum absolute atomic E-state index is 12.6. The molecule has 0 aromatic heterocycles. The van der Waals surface area contributed by atoms with Crippen molar-refractivity contribution in [1.82, 2.24) is 5.32 Å². The third-order valence-electron chi connectivity index (χ3n) is 5.09. The van der Waals surface area contributed by atoms with Crippen LogP contribution in [-0.4, -0.2) is 31.5 Å². The van der Waals surface area contributed by atoms with Crippen molar-refractivity contribution in [3.8, 4) is 5.75 Å². The number of rotatable bonds is 5. The van der Waals surface area contributed by atoms with Crippen LogP contribution in [0.15, 0.2) is 66.7 Å². The fraction of sp³-hybridized carbons (Fsp3) is 0.217. The van der Waals surface area contributed by atoms with Crippen molar-refractivity contribution >= 4 is 28.3 Å². The van der Waals surface area contributed by atoms with Gasteiger partial charge in [0, 0.05) is 24.7 Å². The van der Waals surface area contributed by atoms with Gasteiger partial charge in [-0.15, -0.1) is 0 Å². The van der Waals surface area contributed by atoms with Crippen LogP contribution in [0.5, 0.6) is 5.75 Å². The summed E-state index contributed by atoms with van der Waals surface area (Å²) in [4.78, 5) is 26.7. The Morgan fingerprint density at radius 3 is 2.75 bits per heavy atom. The highest BCUT2D eigenvalue weighted by Crippen LogP contribution is 2.25. The number of amides is 2. The second-order valence-electron chi connectivity index (χ2n) is 6.99. The van der Waals surface area contributed by atoms with E-state index in [2.05, 4.69) is 5.32 Å². The van der Waals surface area contributed by atoms with E-state index in [0.717, 1.165) is 22.0 Å². The van der Waals surface area contributed by atoms with Crippen molar-refractivity contribution in [2.45, 2.75) is 18.9 Å². The van der Waals surface area contributed by atoms with Gasteiger partial charge < -0.3 is 15.0 Å². The highest BCUT2D eigenvalue weighted by molar-refractivity contribution is 5.97. The Kier molecular flexibility index (Phi) is 4.98. The molecule has 0 saturated carbocycles. The number of carbonyl (C=O) groups excluding carboxylic acids is 2. The van der Waals surface area contributed by atoms with Crippen LogP contribution >= 0.6 is 0 Å². The SMILES string of the molecule is COc1cccc(N2C[C@@H](NC(=O)Cc3cccc4ccccc34)CC2=O)c1. The van der Waals surface area contributed by atoms with Gasteiger partial charge in [0.05, 0.1) is 19.6 Å². The van der Waals surface area contributed by atoms with Crippen molar-refractivity contribution in [2.24, 2.45) is 0 Å². The molecule has 142 valence electrons. The average molecular weight is 374 g/mol. The molecule has 5 heteroatoms. The summed E-state index contributed by atoms with van der Waals surface area (Å²) in [6, 6.07) is 21.2. The number of carbonyl (C=O) groups is 2. The number of hydrogen-bond donors (Lipinski definition) is 1. The molecule has 1 heterocycles. The van der Waals surface area contributed by atoms with Gasteiger partial charge in [0.15, 0.2) is 0 Å². The summed E-state index contributed by atoms with van der Waals surface area (Å²) in [6.07, 6.45) is 0.601. The molecule has 1 aliphatic rings. The van der Waals surface area contributed by atoms with Crippen molar-refractivity contribution < 1.29 is 14.3 Å². The molecule has 1 N–H and O–H groups in total. The third kappa shape index (κ3) is 3.69. The van der Waals surface area contributed by atoms with E-state index >= 15 is 0 Å². The molecule has 1 atom stereocenters. The lowest BCUT2D eigenvalue weighted by Gasteiger charge is -2.18. The fourth-order valence-corrected chi connectivity index (χ4v) is 3.73. The number of hydrogen-bond acceptors (Lipinski definition) is 3. The van der Waals surface area contributed by atoms with E-state index < -0.39 is 0 Å². The summed E-state index contributed by atoms with van der Waals surface area (Å²) in [5.74, 6) is 0.638. The van der Waals surface area contributed by atoms with E-state index in [0.29, 0.717) is 25.1 Å². The van der Waals surface area contributed by atoms with Crippen molar-refractivity contribution in [3.63, 3.8) is 0 Å². The summed E-state index contributed by atoms with van der Waals surface area (Å²) in [5.41, 5.74) is 1.78. The molecule has 0 radical (unpaired) electrons. The van der Waals surface area contributed by atoms with Gasteiger partial charge in [0.2, 0.25) is 11.8 Å². The molecule has 1 fully saturated rings. The molecular formula is C23H22N2O3. The predicted molar refractivity (Wildman–Crippen MR) is 110 cm³/mol. The molecule has 3 aromatic rings. The van der Waals surface area contributed by atoms with Crippen molar-refractivity contribution in [2.75, 3.05) is 18.6 Å². The first-order chi connectivity index (χ1) is 13.6. The Morgan fingerprint density at radius 1 is 1.11 bits per heavy atom. The summed E-state index contributed by atoms with van der Waals surface area (Å²) < 4.78 is 5.23. The Labute approximate surface area is 163 Å². The van der Waals surface area contributed by atoms with Gasteiger partial charge in [-0.05, 0) is 28.5 Å². The first kappa shape index (κ1) is 18.0. The molecule has 3 aromatic carbocycles. The Hall–Kier alpha value is -3.34.